The number of imidazole rings is 1. The number of nitrogens with zero attached hydrogens (tertiary/aromatic N) is 3. The number of nitrogens with two attached hydrogens (primary N) is 1. The number of aromatic nitrogens is 3. The van der Waals surface area contributed by atoms with Gasteiger partial charge in [-0.05, 0) is 25.8 Å². The molecule has 4 rings (SSSR count). The first-order valence-corrected chi connectivity index (χ1v) is 11.1. The van der Waals surface area contributed by atoms with E-state index >= 15 is 0 Å². The second-order valence-electron chi connectivity index (χ2n) is 8.53. The molecule has 1 aliphatic rings. The number of rotatable bonds is 6. The third-order valence-electron chi connectivity index (χ3n) is 6.48. The van der Waals surface area contributed by atoms with Crippen molar-refractivity contribution in [3.05, 3.63) is 53.7 Å². The summed E-state index contributed by atoms with van der Waals surface area (Å²) in [4.78, 5) is 25.4. The number of carbonyl (C=O) groups is 2. The molecule has 3 aromatic rings. The summed E-state index contributed by atoms with van der Waals surface area (Å²) in [5.41, 5.74) is 8.57. The topological polar surface area (TPSA) is 92.4 Å². The number of hydrogen-bond donors (Lipinski definition) is 1. The number of hydrogen-bond acceptors (Lipinski definition) is 5. The molecule has 3 atom stereocenters. The van der Waals surface area contributed by atoms with E-state index in [4.69, 9.17) is 15.2 Å². The minimum atomic E-state index is -0.749. The number of para-hydroxylation sites is 1. The number of benzene rings is 1. The van der Waals surface area contributed by atoms with Gasteiger partial charge in [-0.3, -0.25) is 4.79 Å². The summed E-state index contributed by atoms with van der Waals surface area (Å²) in [7, 11) is 2.04. The van der Waals surface area contributed by atoms with Crippen LogP contribution in [0.15, 0.2) is 36.7 Å². The Labute approximate surface area is 187 Å². The van der Waals surface area contributed by atoms with Gasteiger partial charge in [0.15, 0.2) is 5.78 Å². The first kappa shape index (κ1) is 22.1. The van der Waals surface area contributed by atoms with Crippen LogP contribution >= 0.6 is 0 Å². The predicted octanol–water partition coefficient (Wildman–Crippen LogP) is 3.04. The average molecular weight is 440 g/mol. The Hall–Kier alpha value is -3.13. The van der Waals surface area contributed by atoms with E-state index in [0.29, 0.717) is 6.54 Å². The molecule has 0 saturated heterocycles. The Morgan fingerprint density at radius 2 is 2.03 bits per heavy atom. The van der Waals surface area contributed by atoms with Crippen LogP contribution in [0.5, 0.6) is 0 Å². The van der Waals surface area contributed by atoms with Crippen LogP contribution in [0.1, 0.15) is 48.4 Å². The Morgan fingerprint density at radius 3 is 2.78 bits per heavy atom. The molecule has 0 amide bonds. The molecule has 8 heteroatoms. The van der Waals surface area contributed by atoms with Crippen LogP contribution in [0.3, 0.4) is 0 Å². The fraction of sp³-hybridized carbons (Fsp3) is 0.458. The molecule has 8 nitrogen and oxygen atoms in total. The summed E-state index contributed by atoms with van der Waals surface area (Å²) < 4.78 is 16.5. The highest BCUT2D eigenvalue weighted by Crippen LogP contribution is 2.33. The lowest BCUT2D eigenvalue weighted by Crippen LogP contribution is -2.43. The van der Waals surface area contributed by atoms with Gasteiger partial charge < -0.3 is 19.8 Å². The lowest BCUT2D eigenvalue weighted by molar-refractivity contribution is -0.706. The first-order valence-electron chi connectivity index (χ1n) is 11.1. The first-order chi connectivity index (χ1) is 15.3. The van der Waals surface area contributed by atoms with Crippen LogP contribution in [-0.2, 0) is 29.5 Å². The molecule has 0 bridgehead atoms. The van der Waals surface area contributed by atoms with E-state index in [2.05, 4.69) is 10.6 Å². The van der Waals surface area contributed by atoms with Gasteiger partial charge in [0.25, 0.3) is 5.82 Å². The normalized spacial score (nSPS) is 17.8. The average Bonchev–Trinajstić information content (AvgIpc) is 3.28. The van der Waals surface area contributed by atoms with Crippen molar-refractivity contribution in [2.24, 2.45) is 18.7 Å². The van der Waals surface area contributed by atoms with E-state index in [0.717, 1.165) is 40.8 Å². The molecular formula is C24H31N4O4+. The fourth-order valence-corrected chi connectivity index (χ4v) is 4.60. The van der Waals surface area contributed by atoms with Gasteiger partial charge >= 0.3 is 6.16 Å². The number of carbonyl (C=O) groups excluding carboxylic acids is 2. The Kier molecular flexibility index (Phi) is 6.06. The highest BCUT2D eigenvalue weighted by Gasteiger charge is 2.34. The molecule has 0 fully saturated rings. The molecule has 0 aliphatic heterocycles. The molecule has 2 aromatic heterocycles. The second kappa shape index (κ2) is 8.78. The van der Waals surface area contributed by atoms with Crippen LogP contribution in [-0.4, -0.2) is 33.7 Å². The number of ether oxygens (including phenoxy) is 2. The molecule has 2 heterocycles. The molecular weight excluding hydrogens is 408 g/mol. The van der Waals surface area contributed by atoms with Gasteiger partial charge in [0, 0.05) is 49.6 Å². The Balaban J connectivity index is 1.50. The van der Waals surface area contributed by atoms with Crippen LogP contribution in [0.25, 0.3) is 10.9 Å². The third-order valence-corrected chi connectivity index (χ3v) is 6.48. The standard InChI is InChI=1S/C24H31N4O4/c1-15(13-25)31-24(30)32-17(3)28-12-11-27(16(28)2)14-18-9-10-21-22(23(18)29)19-7-5-6-8-20(19)26(21)4/h5-8,11-12,15,17-18H,9-10,13-14,25H2,1-4H3/q+1. The van der Waals surface area contributed by atoms with Crippen molar-refractivity contribution in [3.63, 3.8) is 0 Å². The third kappa shape index (κ3) is 3.90. The van der Waals surface area contributed by atoms with Crippen molar-refractivity contribution < 1.29 is 23.6 Å². The number of aryl methyl sites for hydroxylation is 1. The lowest BCUT2D eigenvalue weighted by Gasteiger charge is -2.21. The molecule has 0 radical (unpaired) electrons. The van der Waals surface area contributed by atoms with Crippen LogP contribution < -0.4 is 10.3 Å². The van der Waals surface area contributed by atoms with Crippen LogP contribution in [0, 0.1) is 12.8 Å². The molecule has 32 heavy (non-hydrogen) atoms. The number of Topliss-reactive ketones (excluding diaryl/α,β-unsaturated/α-hetero) is 1. The summed E-state index contributed by atoms with van der Waals surface area (Å²) in [6, 6.07) is 8.09. The summed E-state index contributed by atoms with van der Waals surface area (Å²) in [6.07, 6.45) is 3.78. The zero-order chi connectivity index (χ0) is 23.0. The highest BCUT2D eigenvalue weighted by molar-refractivity contribution is 6.11. The van der Waals surface area contributed by atoms with Crippen molar-refractivity contribution in [2.75, 3.05) is 6.54 Å². The largest absolute Gasteiger partial charge is 0.512 e. The molecule has 0 saturated carbocycles. The quantitative estimate of drug-likeness (QED) is 0.471. The van der Waals surface area contributed by atoms with Crippen molar-refractivity contribution in [1.82, 2.24) is 9.13 Å². The highest BCUT2D eigenvalue weighted by atomic mass is 16.7. The van der Waals surface area contributed by atoms with Crippen molar-refractivity contribution >= 4 is 22.8 Å². The number of ketones is 1. The zero-order valence-corrected chi connectivity index (χ0v) is 19.1. The van der Waals surface area contributed by atoms with Crippen LogP contribution in [0.4, 0.5) is 4.79 Å². The van der Waals surface area contributed by atoms with E-state index in [1.807, 2.05) is 53.7 Å². The summed E-state index contributed by atoms with van der Waals surface area (Å²) in [5, 5.41) is 1.03. The summed E-state index contributed by atoms with van der Waals surface area (Å²) >= 11 is 0. The molecule has 2 N–H and O–H groups in total. The van der Waals surface area contributed by atoms with Crippen molar-refractivity contribution in [3.8, 4) is 0 Å². The second-order valence-corrected chi connectivity index (χ2v) is 8.53. The van der Waals surface area contributed by atoms with Gasteiger partial charge in [0.1, 0.15) is 25.0 Å². The smallest absolute Gasteiger partial charge is 0.430 e. The summed E-state index contributed by atoms with van der Waals surface area (Å²) in [6.45, 7) is 6.26. The maximum atomic E-state index is 13.4. The van der Waals surface area contributed by atoms with Crippen molar-refractivity contribution in [1.29, 1.82) is 0 Å². The maximum Gasteiger partial charge on any atom is 0.512 e. The molecule has 1 aliphatic carbocycles. The van der Waals surface area contributed by atoms with E-state index in [1.54, 1.807) is 13.8 Å². The van der Waals surface area contributed by atoms with E-state index < -0.39 is 18.5 Å². The monoisotopic (exact) mass is 439 g/mol. The van der Waals surface area contributed by atoms with Gasteiger partial charge in [-0.1, -0.05) is 18.2 Å². The Bertz CT molecular complexity index is 1160. The fourth-order valence-electron chi connectivity index (χ4n) is 4.60. The predicted molar refractivity (Wildman–Crippen MR) is 119 cm³/mol. The minimum absolute atomic E-state index is 0.0977. The molecule has 0 spiro atoms. The Morgan fingerprint density at radius 1 is 1.28 bits per heavy atom. The molecule has 1 aromatic carbocycles. The van der Waals surface area contributed by atoms with E-state index in [9.17, 15) is 9.59 Å². The van der Waals surface area contributed by atoms with Gasteiger partial charge in [0.05, 0.1) is 5.92 Å². The van der Waals surface area contributed by atoms with Crippen LogP contribution in [0.2, 0.25) is 0 Å². The minimum Gasteiger partial charge on any atom is -0.430 e. The van der Waals surface area contributed by atoms with E-state index in [1.165, 1.54) is 0 Å². The van der Waals surface area contributed by atoms with Gasteiger partial charge in [-0.25, -0.2) is 9.36 Å². The number of fused-ring (bicyclic) bond motifs is 3. The van der Waals surface area contributed by atoms with Crippen molar-refractivity contribution in [2.45, 2.75) is 52.5 Å². The summed E-state index contributed by atoms with van der Waals surface area (Å²) in [5.74, 6) is 1.000. The lowest BCUT2D eigenvalue weighted by atomic mass is 9.85. The van der Waals surface area contributed by atoms with Gasteiger partial charge in [-0.2, -0.15) is 4.57 Å². The molecule has 170 valence electrons. The van der Waals surface area contributed by atoms with Gasteiger partial charge in [0.2, 0.25) is 6.23 Å². The SMILES string of the molecule is Cc1n(C(C)OC(=O)OC(C)CN)cc[n+]1CC1CCc2c(c3ccccc3n2C)C1=O. The zero-order valence-electron chi connectivity index (χ0n) is 19.1. The van der Waals surface area contributed by atoms with E-state index in [-0.39, 0.29) is 18.2 Å². The van der Waals surface area contributed by atoms with Gasteiger partial charge in [-0.15, -0.1) is 0 Å². The molecule has 3 unspecified atom stereocenters. The maximum absolute atomic E-state index is 13.4.